The van der Waals surface area contributed by atoms with Crippen molar-refractivity contribution in [1.29, 1.82) is 0 Å². The molecule has 9 heteroatoms. The van der Waals surface area contributed by atoms with Gasteiger partial charge in [-0.1, -0.05) is 45.0 Å². The summed E-state index contributed by atoms with van der Waals surface area (Å²) >= 11 is 0. The largest absolute Gasteiger partial charge is 0.324 e. The number of aromatic nitrogens is 3. The number of para-hydroxylation sites is 1. The molecule has 1 aliphatic heterocycles. The maximum absolute atomic E-state index is 14.9. The van der Waals surface area contributed by atoms with Crippen molar-refractivity contribution in [1.82, 2.24) is 19.2 Å². The number of benzene rings is 2. The van der Waals surface area contributed by atoms with E-state index < -0.39 is 17.8 Å². The summed E-state index contributed by atoms with van der Waals surface area (Å²) in [4.78, 5) is 41.1. The zero-order valence-electron chi connectivity index (χ0n) is 21.9. The molecule has 38 heavy (non-hydrogen) atoms. The lowest BCUT2D eigenvalue weighted by Crippen LogP contribution is -2.48. The number of halogens is 1. The van der Waals surface area contributed by atoms with E-state index in [0.717, 1.165) is 10.9 Å². The van der Waals surface area contributed by atoms with Gasteiger partial charge in [-0.25, -0.2) is 4.39 Å². The fraction of sp³-hybridized carbons (Fsp3) is 0.310. The molecule has 2 amide bonds. The van der Waals surface area contributed by atoms with E-state index >= 15 is 0 Å². The molecule has 0 aliphatic carbocycles. The van der Waals surface area contributed by atoms with Crippen molar-refractivity contribution in [2.24, 2.45) is 7.05 Å². The molecule has 0 fully saturated rings. The number of amides is 2. The lowest BCUT2D eigenvalue weighted by molar-refractivity contribution is -0.140. The molecule has 5 rings (SSSR count). The number of nitrogens with one attached hydrogen (secondary N) is 1. The van der Waals surface area contributed by atoms with E-state index in [0.29, 0.717) is 28.9 Å². The van der Waals surface area contributed by atoms with Gasteiger partial charge in [0.1, 0.15) is 18.4 Å². The van der Waals surface area contributed by atoms with Crippen LogP contribution >= 0.6 is 0 Å². The van der Waals surface area contributed by atoms with Gasteiger partial charge in [-0.2, -0.15) is 5.10 Å². The van der Waals surface area contributed by atoms with E-state index in [9.17, 15) is 18.8 Å². The highest BCUT2D eigenvalue weighted by molar-refractivity contribution is 5.98. The molecule has 8 nitrogen and oxygen atoms in total. The summed E-state index contributed by atoms with van der Waals surface area (Å²) in [5, 5.41) is 8.07. The average Bonchev–Trinajstić information content (AvgIpc) is 3.27. The van der Waals surface area contributed by atoms with Crippen LogP contribution in [0.4, 0.5) is 10.1 Å². The summed E-state index contributed by atoms with van der Waals surface area (Å²) in [6, 6.07) is 14.2. The van der Waals surface area contributed by atoms with E-state index in [1.807, 2.05) is 45.0 Å². The Balaban J connectivity index is 1.48. The van der Waals surface area contributed by atoms with E-state index in [4.69, 9.17) is 0 Å². The molecule has 1 unspecified atom stereocenters. The first-order valence-corrected chi connectivity index (χ1v) is 12.5. The average molecular weight is 516 g/mol. The second kappa shape index (κ2) is 9.55. The number of pyridine rings is 1. The molecule has 2 aromatic heterocycles. The molecule has 0 bridgehead atoms. The summed E-state index contributed by atoms with van der Waals surface area (Å²) in [5.41, 5.74) is 2.34. The monoisotopic (exact) mass is 515 g/mol. The van der Waals surface area contributed by atoms with Gasteiger partial charge in [0.25, 0.3) is 5.91 Å². The quantitative estimate of drug-likeness (QED) is 0.446. The van der Waals surface area contributed by atoms with Crippen LogP contribution in [0, 0.1) is 5.82 Å². The van der Waals surface area contributed by atoms with Gasteiger partial charge in [-0.15, -0.1) is 0 Å². The number of rotatable bonds is 4. The van der Waals surface area contributed by atoms with E-state index in [-0.39, 0.29) is 30.0 Å². The van der Waals surface area contributed by atoms with Crippen LogP contribution in [-0.2, 0) is 35.0 Å². The predicted molar refractivity (Wildman–Crippen MR) is 143 cm³/mol. The van der Waals surface area contributed by atoms with Crippen LogP contribution in [0.15, 0.2) is 65.6 Å². The van der Waals surface area contributed by atoms with Crippen LogP contribution in [0.5, 0.6) is 0 Å². The van der Waals surface area contributed by atoms with Crippen molar-refractivity contribution in [2.75, 3.05) is 11.9 Å². The molecule has 1 aliphatic rings. The van der Waals surface area contributed by atoms with Crippen molar-refractivity contribution in [3.63, 3.8) is 0 Å². The zero-order chi connectivity index (χ0) is 27.2. The van der Waals surface area contributed by atoms with Crippen LogP contribution in [0.3, 0.4) is 0 Å². The molecular weight excluding hydrogens is 485 g/mol. The molecule has 0 radical (unpaired) electrons. The maximum Gasteiger partial charge on any atom is 0.251 e. The highest BCUT2D eigenvalue weighted by Crippen LogP contribution is 2.32. The van der Waals surface area contributed by atoms with Crippen LogP contribution in [-0.4, -0.2) is 37.6 Å². The Morgan fingerprint density at radius 2 is 1.87 bits per heavy atom. The Morgan fingerprint density at radius 1 is 1.11 bits per heavy atom. The molecule has 0 spiro atoms. The first kappa shape index (κ1) is 25.4. The minimum absolute atomic E-state index is 0.0483. The fourth-order valence-corrected chi connectivity index (χ4v) is 5.11. The lowest BCUT2D eigenvalue weighted by Gasteiger charge is -2.37. The van der Waals surface area contributed by atoms with Crippen molar-refractivity contribution < 1.29 is 14.0 Å². The Kier molecular flexibility index (Phi) is 6.38. The zero-order valence-corrected chi connectivity index (χ0v) is 21.9. The lowest BCUT2D eigenvalue weighted by atomic mass is 9.86. The van der Waals surface area contributed by atoms with Gasteiger partial charge in [-0.3, -0.25) is 19.1 Å². The molecule has 4 aromatic rings. The minimum atomic E-state index is -0.995. The number of nitrogens with zero attached hydrogens (tertiary/aromatic N) is 4. The molecule has 1 atom stereocenters. The third-order valence-corrected chi connectivity index (χ3v) is 7.12. The van der Waals surface area contributed by atoms with Gasteiger partial charge in [0.2, 0.25) is 11.5 Å². The molecule has 3 heterocycles. The van der Waals surface area contributed by atoms with Gasteiger partial charge in [0, 0.05) is 48.4 Å². The molecule has 0 saturated heterocycles. The topological polar surface area (TPSA) is 89.2 Å². The molecular formula is C29H30FN5O3. The van der Waals surface area contributed by atoms with Gasteiger partial charge in [-0.05, 0) is 35.2 Å². The maximum atomic E-state index is 14.9. The number of hydrogen-bond donors (Lipinski definition) is 1. The van der Waals surface area contributed by atoms with Gasteiger partial charge >= 0.3 is 0 Å². The second-order valence-corrected chi connectivity index (χ2v) is 10.7. The summed E-state index contributed by atoms with van der Waals surface area (Å²) in [6.45, 7) is 5.95. The minimum Gasteiger partial charge on any atom is -0.324 e. The first-order chi connectivity index (χ1) is 18.0. The van der Waals surface area contributed by atoms with Crippen LogP contribution in [0.25, 0.3) is 10.9 Å². The summed E-state index contributed by atoms with van der Waals surface area (Å²) in [7, 11) is 1.66. The Labute approximate surface area is 219 Å². The van der Waals surface area contributed by atoms with E-state index in [2.05, 4.69) is 10.4 Å². The number of carbonyl (C=O) groups is 2. The number of hydrogen-bond acceptors (Lipinski definition) is 4. The van der Waals surface area contributed by atoms with Gasteiger partial charge in [0.05, 0.1) is 11.7 Å². The SMILES string of the molecule is Cn1c2c(ccc1=O)C(C(=O)Nc1ccc(C(C)(C)C)c(F)c1)N(C(=O)Cn1ncc3ccccc31)CC2. The Hall–Kier alpha value is -4.27. The Bertz CT molecular complexity index is 1610. The van der Waals surface area contributed by atoms with Crippen LogP contribution in [0.1, 0.15) is 43.6 Å². The number of fused-ring (bicyclic) bond motifs is 2. The highest BCUT2D eigenvalue weighted by atomic mass is 19.1. The van der Waals surface area contributed by atoms with Gasteiger partial charge < -0.3 is 14.8 Å². The molecule has 2 aromatic carbocycles. The molecule has 0 saturated carbocycles. The molecule has 1 N–H and O–H groups in total. The smallest absolute Gasteiger partial charge is 0.251 e. The predicted octanol–water partition coefficient (Wildman–Crippen LogP) is 3.94. The van der Waals surface area contributed by atoms with Crippen LogP contribution < -0.4 is 10.9 Å². The van der Waals surface area contributed by atoms with Crippen molar-refractivity contribution in [3.8, 4) is 0 Å². The van der Waals surface area contributed by atoms with Crippen LogP contribution in [0.2, 0.25) is 0 Å². The molecule has 196 valence electrons. The number of anilines is 1. The third kappa shape index (κ3) is 4.60. The summed E-state index contributed by atoms with van der Waals surface area (Å²) < 4.78 is 18.0. The fourth-order valence-electron chi connectivity index (χ4n) is 5.11. The Morgan fingerprint density at radius 3 is 2.61 bits per heavy atom. The summed E-state index contributed by atoms with van der Waals surface area (Å²) in [5.74, 6) is -1.18. The third-order valence-electron chi connectivity index (χ3n) is 7.12. The van der Waals surface area contributed by atoms with E-state index in [1.165, 1.54) is 21.6 Å². The first-order valence-electron chi connectivity index (χ1n) is 12.5. The second-order valence-electron chi connectivity index (χ2n) is 10.7. The standard InChI is InChI=1S/C29H30FN5O3/c1-29(2,3)21-11-9-19(15-22(21)30)32-28(38)27-20-10-12-25(36)33(4)24(20)13-14-34(27)26(37)17-35-23-8-6-5-7-18(23)16-31-35/h5-12,15-16,27H,13-14,17H2,1-4H3,(H,32,38). The summed E-state index contributed by atoms with van der Waals surface area (Å²) in [6.07, 6.45) is 2.12. The van der Waals surface area contributed by atoms with Crippen molar-refractivity contribution in [2.45, 2.75) is 45.2 Å². The number of carbonyl (C=O) groups excluding carboxylic acids is 2. The van der Waals surface area contributed by atoms with Crippen molar-refractivity contribution >= 4 is 28.4 Å². The van der Waals surface area contributed by atoms with Crippen molar-refractivity contribution in [3.05, 3.63) is 93.8 Å². The van der Waals surface area contributed by atoms with E-state index in [1.54, 1.807) is 36.1 Å². The highest BCUT2D eigenvalue weighted by Gasteiger charge is 2.37. The van der Waals surface area contributed by atoms with Gasteiger partial charge in [0.15, 0.2) is 0 Å². The normalized spacial score (nSPS) is 15.4.